The molecule has 0 aliphatic rings. The highest BCUT2D eigenvalue weighted by atomic mass is 16.4. The third-order valence-electron chi connectivity index (χ3n) is 2.71. The Kier molecular flexibility index (Phi) is 2.16. The molecule has 0 aliphatic heterocycles. The molecular weight excluding hydrogens is 232 g/mol. The van der Waals surface area contributed by atoms with Crippen molar-refractivity contribution < 1.29 is 9.90 Å². The van der Waals surface area contributed by atoms with Gasteiger partial charge in [0.1, 0.15) is 5.82 Å². The number of hydrogen-bond acceptors (Lipinski definition) is 3. The summed E-state index contributed by atoms with van der Waals surface area (Å²) < 4.78 is 1.69. The standard InChI is InChI=1S/C12H10N4O2/c1-16-6-8(5-13-16)11-14-9-3-2-7(12(17)18)4-10(9)15-11/h2-6H,1H3,(H,14,15)(H,17,18). The SMILES string of the molecule is Cn1cc(-c2nc3ccc(C(=O)O)cc3[nH]2)cn1. The number of benzene rings is 1. The summed E-state index contributed by atoms with van der Waals surface area (Å²) >= 11 is 0. The number of rotatable bonds is 2. The van der Waals surface area contributed by atoms with E-state index in [1.54, 1.807) is 29.1 Å². The fourth-order valence-corrected chi connectivity index (χ4v) is 1.82. The predicted molar refractivity (Wildman–Crippen MR) is 65.3 cm³/mol. The highest BCUT2D eigenvalue weighted by Gasteiger charge is 2.09. The second-order valence-electron chi connectivity index (χ2n) is 4.03. The van der Waals surface area contributed by atoms with E-state index in [1.807, 2.05) is 13.2 Å². The molecule has 6 heteroatoms. The summed E-state index contributed by atoms with van der Waals surface area (Å²) in [5.74, 6) is -0.268. The van der Waals surface area contributed by atoms with Crippen LogP contribution in [0.3, 0.4) is 0 Å². The fraction of sp³-hybridized carbons (Fsp3) is 0.0833. The van der Waals surface area contributed by atoms with Gasteiger partial charge in [-0.05, 0) is 18.2 Å². The van der Waals surface area contributed by atoms with Crippen LogP contribution in [0, 0.1) is 0 Å². The number of hydrogen-bond donors (Lipinski definition) is 2. The van der Waals surface area contributed by atoms with Crippen LogP contribution >= 0.6 is 0 Å². The average Bonchev–Trinajstić information content (AvgIpc) is 2.93. The molecule has 0 saturated heterocycles. The number of aryl methyl sites for hydroxylation is 1. The van der Waals surface area contributed by atoms with Gasteiger partial charge in [0, 0.05) is 13.2 Å². The molecule has 0 saturated carbocycles. The topological polar surface area (TPSA) is 83.8 Å². The Hall–Kier alpha value is -2.63. The molecule has 0 aliphatic carbocycles. The van der Waals surface area contributed by atoms with E-state index in [9.17, 15) is 4.79 Å². The molecule has 0 bridgehead atoms. The quantitative estimate of drug-likeness (QED) is 0.715. The summed E-state index contributed by atoms with van der Waals surface area (Å²) in [4.78, 5) is 18.4. The third-order valence-corrected chi connectivity index (χ3v) is 2.71. The van der Waals surface area contributed by atoms with Crippen LogP contribution in [0.2, 0.25) is 0 Å². The largest absolute Gasteiger partial charge is 0.478 e. The summed E-state index contributed by atoms with van der Waals surface area (Å²) in [7, 11) is 1.83. The van der Waals surface area contributed by atoms with Crippen LogP contribution in [0.1, 0.15) is 10.4 Å². The maximum absolute atomic E-state index is 10.9. The predicted octanol–water partition coefficient (Wildman–Crippen LogP) is 1.66. The number of nitrogens with one attached hydrogen (secondary N) is 1. The van der Waals surface area contributed by atoms with E-state index in [0.29, 0.717) is 11.3 Å². The van der Waals surface area contributed by atoms with Gasteiger partial charge in [-0.2, -0.15) is 5.10 Å². The van der Waals surface area contributed by atoms with Crippen LogP contribution in [0.5, 0.6) is 0 Å². The van der Waals surface area contributed by atoms with Crippen molar-refractivity contribution in [3.05, 3.63) is 36.2 Å². The molecule has 18 heavy (non-hydrogen) atoms. The number of fused-ring (bicyclic) bond motifs is 1. The van der Waals surface area contributed by atoms with E-state index in [2.05, 4.69) is 15.1 Å². The second-order valence-corrected chi connectivity index (χ2v) is 4.03. The molecule has 3 rings (SSSR count). The number of aromatic nitrogens is 4. The van der Waals surface area contributed by atoms with E-state index in [1.165, 1.54) is 0 Å². The zero-order chi connectivity index (χ0) is 12.7. The lowest BCUT2D eigenvalue weighted by Crippen LogP contribution is -1.94. The van der Waals surface area contributed by atoms with Gasteiger partial charge >= 0.3 is 5.97 Å². The van der Waals surface area contributed by atoms with E-state index in [-0.39, 0.29) is 5.56 Å². The van der Waals surface area contributed by atoms with Crippen molar-refractivity contribution >= 4 is 17.0 Å². The molecule has 0 fully saturated rings. The van der Waals surface area contributed by atoms with Crippen molar-refractivity contribution in [3.8, 4) is 11.4 Å². The summed E-state index contributed by atoms with van der Waals surface area (Å²) in [6.07, 6.45) is 3.55. The van der Waals surface area contributed by atoms with Gasteiger partial charge in [0.05, 0.1) is 28.4 Å². The van der Waals surface area contributed by atoms with E-state index >= 15 is 0 Å². The van der Waals surface area contributed by atoms with Crippen LogP contribution in [0.25, 0.3) is 22.4 Å². The van der Waals surface area contributed by atoms with Gasteiger partial charge in [-0.3, -0.25) is 4.68 Å². The summed E-state index contributed by atoms with van der Waals surface area (Å²) in [6.45, 7) is 0. The number of carbonyl (C=O) groups is 1. The number of carboxylic acids is 1. The van der Waals surface area contributed by atoms with Crippen LogP contribution in [0.4, 0.5) is 0 Å². The van der Waals surface area contributed by atoms with Gasteiger partial charge < -0.3 is 10.1 Å². The zero-order valence-electron chi connectivity index (χ0n) is 9.58. The molecule has 2 aromatic heterocycles. The number of carboxylic acid groups (broad SMARTS) is 1. The molecule has 1 aromatic carbocycles. The smallest absolute Gasteiger partial charge is 0.335 e. The monoisotopic (exact) mass is 242 g/mol. The summed E-state index contributed by atoms with van der Waals surface area (Å²) in [6, 6.07) is 4.80. The Bertz CT molecular complexity index is 741. The highest BCUT2D eigenvalue weighted by Crippen LogP contribution is 2.20. The average molecular weight is 242 g/mol. The van der Waals surface area contributed by atoms with E-state index in [0.717, 1.165) is 11.1 Å². The lowest BCUT2D eigenvalue weighted by molar-refractivity contribution is 0.0697. The van der Waals surface area contributed by atoms with Crippen molar-refractivity contribution in [1.82, 2.24) is 19.7 Å². The van der Waals surface area contributed by atoms with Gasteiger partial charge in [-0.25, -0.2) is 9.78 Å². The number of aromatic amines is 1. The third kappa shape index (κ3) is 1.64. The molecule has 90 valence electrons. The van der Waals surface area contributed by atoms with Gasteiger partial charge in [0.25, 0.3) is 0 Å². The Morgan fingerprint density at radius 2 is 2.28 bits per heavy atom. The fourth-order valence-electron chi connectivity index (χ4n) is 1.82. The highest BCUT2D eigenvalue weighted by molar-refractivity contribution is 5.92. The van der Waals surface area contributed by atoms with E-state index < -0.39 is 5.97 Å². The first-order valence-corrected chi connectivity index (χ1v) is 5.35. The van der Waals surface area contributed by atoms with Crippen LogP contribution in [-0.2, 0) is 7.05 Å². The van der Waals surface area contributed by atoms with Crippen molar-refractivity contribution in [2.75, 3.05) is 0 Å². The van der Waals surface area contributed by atoms with Crippen LogP contribution in [0.15, 0.2) is 30.6 Å². The van der Waals surface area contributed by atoms with Gasteiger partial charge in [-0.1, -0.05) is 0 Å². The molecule has 2 N–H and O–H groups in total. The minimum atomic E-state index is -0.950. The first-order chi connectivity index (χ1) is 8.63. The molecule has 0 atom stereocenters. The lowest BCUT2D eigenvalue weighted by Gasteiger charge is -1.92. The molecule has 0 radical (unpaired) electrons. The summed E-state index contributed by atoms with van der Waals surface area (Å²) in [5.41, 5.74) is 2.54. The minimum Gasteiger partial charge on any atom is -0.478 e. The Labute approximate surface area is 102 Å². The first-order valence-electron chi connectivity index (χ1n) is 5.35. The second kappa shape index (κ2) is 3.69. The normalized spacial score (nSPS) is 10.9. The molecule has 0 spiro atoms. The van der Waals surface area contributed by atoms with Crippen molar-refractivity contribution in [2.24, 2.45) is 7.05 Å². The molecular formula is C12H10N4O2. The van der Waals surface area contributed by atoms with Crippen LogP contribution in [-0.4, -0.2) is 30.8 Å². The number of H-pyrrole nitrogens is 1. The number of aromatic carboxylic acids is 1. The molecule has 0 unspecified atom stereocenters. The van der Waals surface area contributed by atoms with Crippen molar-refractivity contribution in [1.29, 1.82) is 0 Å². The summed E-state index contributed by atoms with van der Waals surface area (Å²) in [5, 5.41) is 13.0. The van der Waals surface area contributed by atoms with Gasteiger partial charge in [-0.15, -0.1) is 0 Å². The van der Waals surface area contributed by atoms with Crippen molar-refractivity contribution in [3.63, 3.8) is 0 Å². The number of imidazole rings is 1. The zero-order valence-corrected chi connectivity index (χ0v) is 9.58. The van der Waals surface area contributed by atoms with Gasteiger partial charge in [0.2, 0.25) is 0 Å². The first kappa shape index (κ1) is 10.5. The molecule has 2 heterocycles. The Morgan fingerprint density at radius 1 is 1.44 bits per heavy atom. The lowest BCUT2D eigenvalue weighted by atomic mass is 10.2. The molecule has 0 amide bonds. The molecule has 3 aromatic rings. The minimum absolute atomic E-state index is 0.240. The Morgan fingerprint density at radius 3 is 2.94 bits per heavy atom. The number of nitrogens with zero attached hydrogens (tertiary/aromatic N) is 3. The Balaban J connectivity index is 2.13. The van der Waals surface area contributed by atoms with Gasteiger partial charge in [0.15, 0.2) is 0 Å². The van der Waals surface area contributed by atoms with Crippen LogP contribution < -0.4 is 0 Å². The van der Waals surface area contributed by atoms with Crippen molar-refractivity contribution in [2.45, 2.75) is 0 Å². The molecule has 6 nitrogen and oxygen atoms in total. The maximum atomic E-state index is 10.9. The maximum Gasteiger partial charge on any atom is 0.335 e. The van der Waals surface area contributed by atoms with E-state index in [4.69, 9.17) is 5.11 Å².